The summed E-state index contributed by atoms with van der Waals surface area (Å²) in [6.45, 7) is 6.80. The highest BCUT2D eigenvalue weighted by Gasteiger charge is 2.25. The molecule has 0 saturated carbocycles. The van der Waals surface area contributed by atoms with E-state index >= 15 is 0 Å². The first-order valence-electron chi connectivity index (χ1n) is 5.17. The third-order valence-corrected chi connectivity index (χ3v) is 2.11. The van der Waals surface area contributed by atoms with Crippen molar-refractivity contribution in [1.29, 1.82) is 0 Å². The molecule has 0 aliphatic heterocycles. The van der Waals surface area contributed by atoms with Crippen molar-refractivity contribution in [3.63, 3.8) is 0 Å². The Hall–Kier alpha value is -1.10. The highest BCUT2D eigenvalue weighted by atomic mass is 16.2. The molecule has 0 aliphatic carbocycles. The number of hydrogen-bond acceptors (Lipinski definition) is 3. The Morgan fingerprint density at radius 1 is 1.33 bits per heavy atom. The molecule has 2 amide bonds. The largest absolute Gasteiger partial charge is 0.369 e. The highest BCUT2D eigenvalue weighted by Crippen LogP contribution is 2.11. The molecule has 0 aromatic rings. The first-order valence-corrected chi connectivity index (χ1v) is 5.17. The Morgan fingerprint density at radius 3 is 2.40 bits per heavy atom. The average Bonchev–Trinajstić information content (AvgIpc) is 2.15. The monoisotopic (exact) mass is 215 g/mol. The van der Waals surface area contributed by atoms with E-state index in [1.54, 1.807) is 13.8 Å². The molecule has 0 aromatic carbocycles. The van der Waals surface area contributed by atoms with Crippen LogP contribution in [-0.4, -0.2) is 31.4 Å². The van der Waals surface area contributed by atoms with Crippen LogP contribution in [0.25, 0.3) is 0 Å². The molecular formula is C10H21N3O2. The topological polar surface area (TPSA) is 84.2 Å². The summed E-state index contributed by atoms with van der Waals surface area (Å²) in [6.07, 6.45) is 0.986. The maximum absolute atomic E-state index is 11.3. The molecule has 0 rings (SSSR count). The number of carbonyl (C=O) groups is 2. The zero-order valence-electron chi connectivity index (χ0n) is 9.72. The van der Waals surface area contributed by atoms with Crippen LogP contribution in [0.2, 0.25) is 0 Å². The minimum absolute atomic E-state index is 0.113. The SMILES string of the molecule is CCCNCC(=O)NCC(C)(C)C(N)=O. The number of amides is 2. The third kappa shape index (κ3) is 6.06. The first-order chi connectivity index (χ1) is 6.90. The molecule has 15 heavy (non-hydrogen) atoms. The van der Waals surface area contributed by atoms with Gasteiger partial charge in [-0.3, -0.25) is 9.59 Å². The Labute approximate surface area is 90.8 Å². The van der Waals surface area contributed by atoms with Crippen molar-refractivity contribution < 1.29 is 9.59 Å². The molecule has 0 unspecified atom stereocenters. The van der Waals surface area contributed by atoms with Crippen molar-refractivity contribution in [2.75, 3.05) is 19.6 Å². The second-order valence-corrected chi connectivity index (χ2v) is 4.20. The van der Waals surface area contributed by atoms with Gasteiger partial charge in [-0.15, -0.1) is 0 Å². The van der Waals surface area contributed by atoms with Crippen LogP contribution in [0.3, 0.4) is 0 Å². The number of rotatable bonds is 7. The predicted octanol–water partition coefficient (Wildman–Crippen LogP) is -0.386. The zero-order valence-corrected chi connectivity index (χ0v) is 9.72. The smallest absolute Gasteiger partial charge is 0.233 e. The summed E-state index contributed by atoms with van der Waals surface area (Å²) < 4.78 is 0. The Kier molecular flexibility index (Phi) is 5.93. The van der Waals surface area contributed by atoms with Crippen LogP contribution in [-0.2, 0) is 9.59 Å². The fourth-order valence-corrected chi connectivity index (χ4v) is 0.848. The van der Waals surface area contributed by atoms with Crippen LogP contribution in [0.5, 0.6) is 0 Å². The lowest BCUT2D eigenvalue weighted by Crippen LogP contribution is -2.44. The molecule has 0 radical (unpaired) electrons. The molecule has 0 fully saturated rings. The molecule has 0 atom stereocenters. The van der Waals surface area contributed by atoms with Crippen molar-refractivity contribution in [3.8, 4) is 0 Å². The molecule has 5 heteroatoms. The van der Waals surface area contributed by atoms with Gasteiger partial charge in [0.2, 0.25) is 11.8 Å². The molecule has 0 saturated heterocycles. The van der Waals surface area contributed by atoms with Crippen LogP contribution in [0.1, 0.15) is 27.2 Å². The van der Waals surface area contributed by atoms with Crippen LogP contribution < -0.4 is 16.4 Å². The quantitative estimate of drug-likeness (QED) is 0.506. The van der Waals surface area contributed by atoms with Crippen LogP contribution in [0, 0.1) is 5.41 Å². The second-order valence-electron chi connectivity index (χ2n) is 4.20. The van der Waals surface area contributed by atoms with E-state index < -0.39 is 11.3 Å². The molecule has 0 aliphatic rings. The van der Waals surface area contributed by atoms with Gasteiger partial charge < -0.3 is 16.4 Å². The van der Waals surface area contributed by atoms with Crippen molar-refractivity contribution in [1.82, 2.24) is 10.6 Å². The Bertz CT molecular complexity index is 227. The summed E-state index contributed by atoms with van der Waals surface area (Å²) in [5.41, 5.74) is 4.48. The lowest BCUT2D eigenvalue weighted by molar-refractivity contribution is -0.126. The van der Waals surface area contributed by atoms with Gasteiger partial charge in [0.05, 0.1) is 12.0 Å². The fraction of sp³-hybridized carbons (Fsp3) is 0.800. The van der Waals surface area contributed by atoms with Crippen molar-refractivity contribution >= 4 is 11.8 Å². The average molecular weight is 215 g/mol. The van der Waals surface area contributed by atoms with E-state index in [0.29, 0.717) is 0 Å². The van der Waals surface area contributed by atoms with E-state index in [9.17, 15) is 9.59 Å². The summed E-state index contributed by atoms with van der Waals surface area (Å²) in [7, 11) is 0. The van der Waals surface area contributed by atoms with Gasteiger partial charge in [0.15, 0.2) is 0 Å². The van der Waals surface area contributed by atoms with Crippen LogP contribution in [0.4, 0.5) is 0 Å². The van der Waals surface area contributed by atoms with Gasteiger partial charge in [-0.1, -0.05) is 6.92 Å². The first kappa shape index (κ1) is 13.9. The summed E-state index contributed by atoms with van der Waals surface area (Å²) in [5, 5.41) is 5.63. The Morgan fingerprint density at radius 2 is 1.93 bits per heavy atom. The maximum Gasteiger partial charge on any atom is 0.233 e. The number of nitrogens with two attached hydrogens (primary N) is 1. The fourth-order valence-electron chi connectivity index (χ4n) is 0.848. The molecule has 0 bridgehead atoms. The van der Waals surface area contributed by atoms with E-state index in [1.807, 2.05) is 6.92 Å². The van der Waals surface area contributed by atoms with Gasteiger partial charge in [-0.05, 0) is 26.8 Å². The summed E-state index contributed by atoms with van der Waals surface area (Å²) in [4.78, 5) is 22.2. The number of primary amides is 1. The van der Waals surface area contributed by atoms with Gasteiger partial charge in [0.1, 0.15) is 0 Å². The molecule has 88 valence electrons. The van der Waals surface area contributed by atoms with Crippen molar-refractivity contribution in [2.24, 2.45) is 11.1 Å². The van der Waals surface area contributed by atoms with E-state index in [0.717, 1.165) is 13.0 Å². The highest BCUT2D eigenvalue weighted by molar-refractivity contribution is 5.82. The second kappa shape index (κ2) is 6.40. The van der Waals surface area contributed by atoms with Gasteiger partial charge in [-0.25, -0.2) is 0 Å². The standard InChI is InChI=1S/C10H21N3O2/c1-4-5-12-6-8(14)13-7-10(2,3)9(11)15/h12H,4-7H2,1-3H3,(H2,11,15)(H,13,14). The van der Waals surface area contributed by atoms with E-state index in [1.165, 1.54) is 0 Å². The molecular weight excluding hydrogens is 194 g/mol. The Balaban J connectivity index is 3.75. The minimum Gasteiger partial charge on any atom is -0.369 e. The molecule has 0 heterocycles. The van der Waals surface area contributed by atoms with Gasteiger partial charge >= 0.3 is 0 Å². The number of carbonyl (C=O) groups excluding carboxylic acids is 2. The number of hydrogen-bond donors (Lipinski definition) is 3. The lowest BCUT2D eigenvalue weighted by atomic mass is 9.93. The van der Waals surface area contributed by atoms with Crippen molar-refractivity contribution in [3.05, 3.63) is 0 Å². The summed E-state index contributed by atoms with van der Waals surface area (Å²) in [6, 6.07) is 0. The third-order valence-electron chi connectivity index (χ3n) is 2.11. The summed E-state index contributed by atoms with van der Waals surface area (Å²) in [5.74, 6) is -0.526. The van der Waals surface area contributed by atoms with E-state index in [2.05, 4.69) is 10.6 Å². The predicted molar refractivity (Wildman–Crippen MR) is 59.1 cm³/mol. The zero-order chi connectivity index (χ0) is 11.9. The van der Waals surface area contributed by atoms with Gasteiger partial charge in [0.25, 0.3) is 0 Å². The van der Waals surface area contributed by atoms with E-state index in [-0.39, 0.29) is 19.0 Å². The summed E-state index contributed by atoms with van der Waals surface area (Å²) >= 11 is 0. The molecule has 0 aromatic heterocycles. The van der Waals surface area contributed by atoms with Gasteiger partial charge in [-0.2, -0.15) is 0 Å². The van der Waals surface area contributed by atoms with Crippen LogP contribution >= 0.6 is 0 Å². The van der Waals surface area contributed by atoms with E-state index in [4.69, 9.17) is 5.73 Å². The lowest BCUT2D eigenvalue weighted by Gasteiger charge is -2.20. The molecule has 5 nitrogen and oxygen atoms in total. The minimum atomic E-state index is -0.694. The molecule has 0 spiro atoms. The van der Waals surface area contributed by atoms with Crippen molar-refractivity contribution in [2.45, 2.75) is 27.2 Å². The van der Waals surface area contributed by atoms with Gasteiger partial charge in [0, 0.05) is 6.54 Å². The number of nitrogens with one attached hydrogen (secondary N) is 2. The van der Waals surface area contributed by atoms with Crippen LogP contribution in [0.15, 0.2) is 0 Å². The maximum atomic E-state index is 11.3. The normalized spacial score (nSPS) is 11.1. The molecule has 4 N–H and O–H groups in total.